The van der Waals surface area contributed by atoms with Crippen molar-refractivity contribution in [2.24, 2.45) is 0 Å². The van der Waals surface area contributed by atoms with Crippen molar-refractivity contribution in [3.63, 3.8) is 0 Å². The molecule has 0 aliphatic rings. The molecular formula is C15H9Br2NO2S. The Hall–Kier alpha value is -1.37. The first kappa shape index (κ1) is 14.6. The number of phenolic OH excluding ortho intramolecular Hbond substituents is 2. The van der Waals surface area contributed by atoms with Gasteiger partial charge in [-0.15, -0.1) is 11.3 Å². The molecule has 2 aromatic carbocycles. The molecule has 0 atom stereocenters. The molecule has 21 heavy (non-hydrogen) atoms. The maximum atomic E-state index is 9.90. The van der Waals surface area contributed by atoms with Crippen LogP contribution in [0.5, 0.6) is 11.5 Å². The summed E-state index contributed by atoms with van der Waals surface area (Å²) in [4.78, 5) is 4.60. The summed E-state index contributed by atoms with van der Waals surface area (Å²) in [6, 6.07) is 11.6. The van der Waals surface area contributed by atoms with Crippen LogP contribution in [0, 0.1) is 0 Å². The lowest BCUT2D eigenvalue weighted by Gasteiger charge is -2.07. The van der Waals surface area contributed by atoms with Crippen LogP contribution < -0.4 is 0 Å². The molecule has 0 spiro atoms. The predicted molar refractivity (Wildman–Crippen MR) is 91.7 cm³/mol. The zero-order chi connectivity index (χ0) is 15.0. The molecule has 0 saturated carbocycles. The normalized spacial score (nSPS) is 10.8. The molecule has 0 radical (unpaired) electrons. The Kier molecular flexibility index (Phi) is 4.01. The molecule has 0 fully saturated rings. The van der Waals surface area contributed by atoms with Crippen molar-refractivity contribution in [1.82, 2.24) is 4.98 Å². The van der Waals surface area contributed by atoms with E-state index in [4.69, 9.17) is 0 Å². The highest BCUT2D eigenvalue weighted by atomic mass is 79.9. The van der Waals surface area contributed by atoms with Gasteiger partial charge in [-0.3, -0.25) is 0 Å². The summed E-state index contributed by atoms with van der Waals surface area (Å²) in [5.74, 6) is -0.388. The third kappa shape index (κ3) is 2.71. The number of rotatable bonds is 2. The zero-order valence-corrected chi connectivity index (χ0v) is 14.5. The van der Waals surface area contributed by atoms with E-state index in [2.05, 4.69) is 36.8 Å². The Balaban J connectivity index is 2.09. The van der Waals surface area contributed by atoms with Gasteiger partial charge >= 0.3 is 0 Å². The van der Waals surface area contributed by atoms with Crippen molar-refractivity contribution in [2.75, 3.05) is 0 Å². The van der Waals surface area contributed by atoms with Gasteiger partial charge in [0, 0.05) is 16.5 Å². The number of hydrogen-bond donors (Lipinski definition) is 2. The van der Waals surface area contributed by atoms with Gasteiger partial charge in [0.05, 0.1) is 14.6 Å². The maximum absolute atomic E-state index is 9.90. The van der Waals surface area contributed by atoms with Crippen LogP contribution in [0.2, 0.25) is 0 Å². The molecule has 0 aliphatic carbocycles. The number of hydrogen-bond acceptors (Lipinski definition) is 4. The van der Waals surface area contributed by atoms with Crippen LogP contribution in [0.25, 0.3) is 21.8 Å². The quantitative estimate of drug-likeness (QED) is 0.538. The number of aromatic hydroxyl groups is 2. The van der Waals surface area contributed by atoms with Crippen LogP contribution in [0.1, 0.15) is 0 Å². The van der Waals surface area contributed by atoms with Gasteiger partial charge in [-0.25, -0.2) is 4.98 Å². The highest BCUT2D eigenvalue weighted by Gasteiger charge is 2.17. The summed E-state index contributed by atoms with van der Waals surface area (Å²) in [5.41, 5.74) is 2.65. The van der Waals surface area contributed by atoms with E-state index in [-0.39, 0.29) is 11.5 Å². The van der Waals surface area contributed by atoms with Crippen LogP contribution in [0.15, 0.2) is 50.7 Å². The fraction of sp³-hybridized carbons (Fsp3) is 0. The molecule has 0 bridgehead atoms. The first-order chi connectivity index (χ1) is 10.1. The standard InChI is InChI=1S/C15H9Br2NO2S/c16-10-6-9(12(17)14(20)13(10)19)15-18-11(7-21-15)8-4-2-1-3-5-8/h1-7,19-20H. The van der Waals surface area contributed by atoms with E-state index in [1.165, 1.54) is 11.3 Å². The van der Waals surface area contributed by atoms with E-state index in [9.17, 15) is 10.2 Å². The van der Waals surface area contributed by atoms with Crippen molar-refractivity contribution in [3.8, 4) is 33.3 Å². The Morgan fingerprint density at radius 1 is 1.00 bits per heavy atom. The van der Waals surface area contributed by atoms with Gasteiger partial charge < -0.3 is 10.2 Å². The Morgan fingerprint density at radius 3 is 2.43 bits per heavy atom. The molecule has 0 amide bonds. The smallest absolute Gasteiger partial charge is 0.173 e. The number of benzene rings is 2. The van der Waals surface area contributed by atoms with Crippen molar-refractivity contribution in [2.45, 2.75) is 0 Å². The lowest BCUT2D eigenvalue weighted by atomic mass is 10.2. The van der Waals surface area contributed by atoms with Crippen molar-refractivity contribution in [1.29, 1.82) is 0 Å². The van der Waals surface area contributed by atoms with Crippen LogP contribution in [0.4, 0.5) is 0 Å². The number of thiazole rings is 1. The van der Waals surface area contributed by atoms with Crippen molar-refractivity contribution < 1.29 is 10.2 Å². The molecule has 0 unspecified atom stereocenters. The highest BCUT2D eigenvalue weighted by molar-refractivity contribution is 9.11. The second-order valence-corrected chi connectivity index (χ2v) is 6.83. The molecule has 106 valence electrons. The second-order valence-electron chi connectivity index (χ2n) is 4.32. The fourth-order valence-electron chi connectivity index (χ4n) is 1.90. The summed E-state index contributed by atoms with van der Waals surface area (Å²) in [7, 11) is 0. The number of nitrogens with zero attached hydrogens (tertiary/aromatic N) is 1. The first-order valence-electron chi connectivity index (χ1n) is 5.99. The zero-order valence-electron chi connectivity index (χ0n) is 10.5. The lowest BCUT2D eigenvalue weighted by molar-refractivity contribution is 0.399. The molecule has 0 aliphatic heterocycles. The van der Waals surface area contributed by atoms with E-state index in [0.29, 0.717) is 8.95 Å². The van der Waals surface area contributed by atoms with E-state index in [1.54, 1.807) is 6.07 Å². The summed E-state index contributed by atoms with van der Waals surface area (Å²) in [5, 5.41) is 22.3. The number of halogens is 2. The lowest BCUT2D eigenvalue weighted by Crippen LogP contribution is -1.83. The molecule has 2 N–H and O–H groups in total. The average molecular weight is 427 g/mol. The summed E-state index contributed by atoms with van der Waals surface area (Å²) in [6.45, 7) is 0. The molecular weight excluding hydrogens is 418 g/mol. The van der Waals surface area contributed by atoms with Crippen molar-refractivity contribution >= 4 is 43.2 Å². The first-order valence-corrected chi connectivity index (χ1v) is 8.45. The van der Waals surface area contributed by atoms with Gasteiger partial charge in [-0.05, 0) is 37.9 Å². The summed E-state index contributed by atoms with van der Waals surface area (Å²) < 4.78 is 0.854. The van der Waals surface area contributed by atoms with Gasteiger partial charge in [0.1, 0.15) is 5.01 Å². The molecule has 3 nitrogen and oxygen atoms in total. The van der Waals surface area contributed by atoms with Gasteiger partial charge in [0.2, 0.25) is 0 Å². The van der Waals surface area contributed by atoms with Gasteiger partial charge in [0.25, 0.3) is 0 Å². The minimum atomic E-state index is -0.198. The average Bonchev–Trinajstić information content (AvgIpc) is 2.99. The molecule has 1 heterocycles. The van der Waals surface area contributed by atoms with Crippen LogP contribution in [0.3, 0.4) is 0 Å². The van der Waals surface area contributed by atoms with E-state index in [1.807, 2.05) is 35.7 Å². The predicted octanol–water partition coefficient (Wildman–Crippen LogP) is 5.41. The van der Waals surface area contributed by atoms with Gasteiger partial charge in [0.15, 0.2) is 11.5 Å². The Labute approximate surface area is 142 Å². The van der Waals surface area contributed by atoms with Crippen molar-refractivity contribution in [3.05, 3.63) is 50.7 Å². The van der Waals surface area contributed by atoms with E-state index >= 15 is 0 Å². The number of phenols is 2. The maximum Gasteiger partial charge on any atom is 0.173 e. The third-order valence-corrected chi connectivity index (χ3v) is 5.25. The highest BCUT2D eigenvalue weighted by Crippen LogP contribution is 2.46. The van der Waals surface area contributed by atoms with Crippen LogP contribution >= 0.6 is 43.2 Å². The van der Waals surface area contributed by atoms with E-state index in [0.717, 1.165) is 21.8 Å². The SMILES string of the molecule is Oc1c(Br)cc(-c2nc(-c3ccccc3)cs2)c(Br)c1O. The topological polar surface area (TPSA) is 53.4 Å². The molecule has 3 rings (SSSR count). The van der Waals surface area contributed by atoms with E-state index < -0.39 is 0 Å². The molecule has 0 saturated heterocycles. The molecule has 1 aromatic heterocycles. The van der Waals surface area contributed by atoms with Gasteiger partial charge in [-0.2, -0.15) is 0 Å². The van der Waals surface area contributed by atoms with Gasteiger partial charge in [-0.1, -0.05) is 30.3 Å². The number of aromatic nitrogens is 1. The Bertz CT molecular complexity index is 803. The summed E-state index contributed by atoms with van der Waals surface area (Å²) >= 11 is 8.01. The minimum Gasteiger partial charge on any atom is -0.503 e. The molecule has 3 aromatic rings. The fourth-order valence-corrected chi connectivity index (χ4v) is 3.79. The summed E-state index contributed by atoms with van der Waals surface area (Å²) in [6.07, 6.45) is 0. The minimum absolute atomic E-state index is 0.189. The second kappa shape index (κ2) is 5.79. The third-order valence-electron chi connectivity index (χ3n) is 2.97. The Morgan fingerprint density at radius 2 is 1.71 bits per heavy atom. The molecule has 6 heteroatoms. The largest absolute Gasteiger partial charge is 0.503 e. The van der Waals surface area contributed by atoms with Crippen LogP contribution in [-0.2, 0) is 0 Å². The van der Waals surface area contributed by atoms with Crippen LogP contribution in [-0.4, -0.2) is 15.2 Å². The monoisotopic (exact) mass is 425 g/mol.